The molecule has 116 valence electrons. The SMILES string of the molecule is CCNc1ccc(C(=O)N2CCOCC2)cc1C(F)(F)F. The second-order valence-electron chi connectivity index (χ2n) is 4.69. The summed E-state index contributed by atoms with van der Waals surface area (Å²) in [6, 6.07) is 3.64. The summed E-state index contributed by atoms with van der Waals surface area (Å²) in [5.74, 6) is -0.396. The third-order valence-corrected chi connectivity index (χ3v) is 3.24. The first-order chi connectivity index (χ1) is 9.93. The number of halogens is 3. The topological polar surface area (TPSA) is 41.6 Å². The number of rotatable bonds is 3. The van der Waals surface area contributed by atoms with Crippen molar-refractivity contribution in [2.75, 3.05) is 38.2 Å². The fourth-order valence-corrected chi connectivity index (χ4v) is 2.21. The van der Waals surface area contributed by atoms with Crippen LogP contribution in [0.2, 0.25) is 0 Å². The molecule has 0 radical (unpaired) electrons. The highest BCUT2D eigenvalue weighted by atomic mass is 19.4. The van der Waals surface area contributed by atoms with Crippen LogP contribution in [0.3, 0.4) is 0 Å². The minimum Gasteiger partial charge on any atom is -0.385 e. The minimum absolute atomic E-state index is 0.0106. The molecule has 1 N–H and O–H groups in total. The van der Waals surface area contributed by atoms with E-state index in [1.165, 1.54) is 17.0 Å². The summed E-state index contributed by atoms with van der Waals surface area (Å²) in [6.45, 7) is 3.71. The summed E-state index contributed by atoms with van der Waals surface area (Å²) in [5.41, 5.74) is -0.780. The number of anilines is 1. The van der Waals surface area contributed by atoms with Crippen molar-refractivity contribution in [1.82, 2.24) is 4.90 Å². The summed E-state index contributed by atoms with van der Waals surface area (Å²) in [6.07, 6.45) is -4.50. The van der Waals surface area contributed by atoms with E-state index in [9.17, 15) is 18.0 Å². The lowest BCUT2D eigenvalue weighted by Gasteiger charge is -2.27. The quantitative estimate of drug-likeness (QED) is 0.933. The van der Waals surface area contributed by atoms with Gasteiger partial charge in [-0.2, -0.15) is 13.2 Å². The van der Waals surface area contributed by atoms with E-state index in [4.69, 9.17) is 4.74 Å². The average molecular weight is 302 g/mol. The lowest BCUT2D eigenvalue weighted by molar-refractivity contribution is -0.137. The van der Waals surface area contributed by atoms with Gasteiger partial charge in [0, 0.05) is 30.9 Å². The Morgan fingerprint density at radius 2 is 2.00 bits per heavy atom. The Hall–Kier alpha value is -1.76. The molecule has 7 heteroatoms. The van der Waals surface area contributed by atoms with Crippen molar-refractivity contribution >= 4 is 11.6 Å². The maximum Gasteiger partial charge on any atom is 0.418 e. The molecule has 0 aliphatic carbocycles. The summed E-state index contributed by atoms with van der Waals surface area (Å²) in [5, 5.41) is 2.66. The molecular formula is C14H17F3N2O2. The lowest BCUT2D eigenvalue weighted by atomic mass is 10.1. The molecule has 21 heavy (non-hydrogen) atoms. The van der Waals surface area contributed by atoms with Crippen LogP contribution < -0.4 is 5.32 Å². The molecule has 4 nitrogen and oxygen atoms in total. The van der Waals surface area contributed by atoms with Gasteiger partial charge < -0.3 is 15.0 Å². The number of carbonyl (C=O) groups excluding carboxylic acids is 1. The number of carbonyl (C=O) groups is 1. The third kappa shape index (κ3) is 3.66. The molecule has 0 spiro atoms. The molecule has 0 aromatic heterocycles. The number of ether oxygens (including phenoxy) is 1. The van der Waals surface area contributed by atoms with Crippen molar-refractivity contribution in [3.63, 3.8) is 0 Å². The van der Waals surface area contributed by atoms with Gasteiger partial charge in [0.1, 0.15) is 0 Å². The van der Waals surface area contributed by atoms with Gasteiger partial charge in [-0.3, -0.25) is 4.79 Å². The number of hydrogen-bond acceptors (Lipinski definition) is 3. The van der Waals surface area contributed by atoms with Gasteiger partial charge in [-0.15, -0.1) is 0 Å². The monoisotopic (exact) mass is 302 g/mol. The van der Waals surface area contributed by atoms with E-state index in [0.29, 0.717) is 32.8 Å². The first-order valence-corrected chi connectivity index (χ1v) is 6.75. The van der Waals surface area contributed by atoms with E-state index < -0.39 is 17.6 Å². The molecular weight excluding hydrogens is 285 g/mol. The second-order valence-corrected chi connectivity index (χ2v) is 4.69. The van der Waals surface area contributed by atoms with Crippen molar-refractivity contribution in [3.05, 3.63) is 29.3 Å². The van der Waals surface area contributed by atoms with Gasteiger partial charge >= 0.3 is 6.18 Å². The van der Waals surface area contributed by atoms with E-state index >= 15 is 0 Å². The molecule has 1 amide bonds. The number of nitrogens with zero attached hydrogens (tertiary/aromatic N) is 1. The van der Waals surface area contributed by atoms with Gasteiger partial charge in [-0.05, 0) is 25.1 Å². The normalized spacial score (nSPS) is 15.9. The van der Waals surface area contributed by atoms with Gasteiger partial charge in [0.15, 0.2) is 0 Å². The largest absolute Gasteiger partial charge is 0.418 e. The van der Waals surface area contributed by atoms with Crippen LogP contribution in [-0.2, 0) is 10.9 Å². The van der Waals surface area contributed by atoms with E-state index in [1.54, 1.807) is 6.92 Å². The van der Waals surface area contributed by atoms with Crippen molar-refractivity contribution in [2.24, 2.45) is 0 Å². The van der Waals surface area contributed by atoms with Crippen LogP contribution in [0, 0.1) is 0 Å². The van der Waals surface area contributed by atoms with Crippen LogP contribution in [0.1, 0.15) is 22.8 Å². The predicted octanol–water partition coefficient (Wildman–Crippen LogP) is 2.61. The van der Waals surface area contributed by atoms with E-state index in [0.717, 1.165) is 6.07 Å². The van der Waals surface area contributed by atoms with Crippen molar-refractivity contribution < 1.29 is 22.7 Å². The Morgan fingerprint density at radius 3 is 2.57 bits per heavy atom. The van der Waals surface area contributed by atoms with Crippen LogP contribution in [0.4, 0.5) is 18.9 Å². The number of nitrogens with one attached hydrogen (secondary N) is 1. The minimum atomic E-state index is -4.50. The molecule has 1 aliphatic rings. The molecule has 1 aromatic carbocycles. The highest BCUT2D eigenvalue weighted by Gasteiger charge is 2.34. The fourth-order valence-electron chi connectivity index (χ4n) is 2.21. The Morgan fingerprint density at radius 1 is 1.33 bits per heavy atom. The summed E-state index contributed by atoms with van der Waals surface area (Å²) in [7, 11) is 0. The highest BCUT2D eigenvalue weighted by Crippen LogP contribution is 2.35. The molecule has 1 heterocycles. The zero-order valence-corrected chi connectivity index (χ0v) is 11.7. The number of benzene rings is 1. The lowest BCUT2D eigenvalue weighted by Crippen LogP contribution is -2.40. The Kier molecular flexibility index (Phi) is 4.72. The van der Waals surface area contributed by atoms with Gasteiger partial charge in [0.2, 0.25) is 0 Å². The first-order valence-electron chi connectivity index (χ1n) is 6.75. The van der Waals surface area contributed by atoms with Crippen LogP contribution >= 0.6 is 0 Å². The van der Waals surface area contributed by atoms with Crippen molar-refractivity contribution in [1.29, 1.82) is 0 Å². The highest BCUT2D eigenvalue weighted by molar-refractivity contribution is 5.95. The summed E-state index contributed by atoms with van der Waals surface area (Å²) >= 11 is 0. The zero-order chi connectivity index (χ0) is 15.5. The first kappa shape index (κ1) is 15.6. The van der Waals surface area contributed by atoms with E-state index in [-0.39, 0.29) is 11.3 Å². The third-order valence-electron chi connectivity index (χ3n) is 3.24. The second kappa shape index (κ2) is 6.34. The molecule has 1 aromatic rings. The number of alkyl halides is 3. The van der Waals surface area contributed by atoms with Gasteiger partial charge in [0.25, 0.3) is 5.91 Å². The van der Waals surface area contributed by atoms with E-state index in [2.05, 4.69) is 5.32 Å². The Bertz CT molecular complexity index is 511. The molecule has 1 aliphatic heterocycles. The standard InChI is InChI=1S/C14H17F3N2O2/c1-2-18-12-4-3-10(9-11(12)14(15,16)17)13(20)19-5-7-21-8-6-19/h3-4,9,18H,2,5-8H2,1H3. The number of hydrogen-bond donors (Lipinski definition) is 1. The summed E-state index contributed by atoms with van der Waals surface area (Å²) in [4.78, 5) is 13.7. The number of amides is 1. The molecule has 2 rings (SSSR count). The van der Waals surface area contributed by atoms with Crippen molar-refractivity contribution in [3.8, 4) is 0 Å². The molecule has 1 fully saturated rings. The summed E-state index contributed by atoms with van der Waals surface area (Å²) < 4.78 is 44.3. The molecule has 0 bridgehead atoms. The van der Waals surface area contributed by atoms with Crippen molar-refractivity contribution in [2.45, 2.75) is 13.1 Å². The zero-order valence-electron chi connectivity index (χ0n) is 11.7. The number of morpholine rings is 1. The van der Waals surface area contributed by atoms with Gasteiger partial charge in [-0.25, -0.2) is 0 Å². The van der Waals surface area contributed by atoms with Crippen LogP contribution in [0.25, 0.3) is 0 Å². The molecule has 1 saturated heterocycles. The maximum atomic E-state index is 13.1. The Labute approximate surface area is 120 Å². The molecule has 0 atom stereocenters. The predicted molar refractivity (Wildman–Crippen MR) is 72.3 cm³/mol. The van der Waals surface area contributed by atoms with Gasteiger partial charge in [0.05, 0.1) is 18.8 Å². The molecule has 0 saturated carbocycles. The maximum absolute atomic E-state index is 13.1. The van der Waals surface area contributed by atoms with Gasteiger partial charge in [-0.1, -0.05) is 0 Å². The average Bonchev–Trinajstić information content (AvgIpc) is 2.47. The molecule has 0 unspecified atom stereocenters. The fraction of sp³-hybridized carbons (Fsp3) is 0.500. The van der Waals surface area contributed by atoms with Crippen LogP contribution in [-0.4, -0.2) is 43.7 Å². The Balaban J connectivity index is 2.30. The smallest absolute Gasteiger partial charge is 0.385 e. The van der Waals surface area contributed by atoms with E-state index in [1.807, 2.05) is 0 Å². The van der Waals surface area contributed by atoms with Crippen LogP contribution in [0.15, 0.2) is 18.2 Å². The van der Waals surface area contributed by atoms with Crippen LogP contribution in [0.5, 0.6) is 0 Å².